The molecule has 2 heterocycles. The van der Waals surface area contributed by atoms with Crippen molar-refractivity contribution >= 4 is 11.6 Å². The van der Waals surface area contributed by atoms with Crippen molar-refractivity contribution in [1.82, 2.24) is 9.97 Å². The fourth-order valence-corrected chi connectivity index (χ4v) is 3.30. The van der Waals surface area contributed by atoms with Gasteiger partial charge in [0.15, 0.2) is 0 Å². The van der Waals surface area contributed by atoms with Crippen molar-refractivity contribution < 1.29 is 9.18 Å². The fourth-order valence-electron chi connectivity index (χ4n) is 3.30. The molecule has 126 valence electrons. The van der Waals surface area contributed by atoms with Crippen molar-refractivity contribution in [3.8, 4) is 11.3 Å². The van der Waals surface area contributed by atoms with Gasteiger partial charge >= 0.3 is 0 Å². The van der Waals surface area contributed by atoms with Crippen LogP contribution in [-0.4, -0.2) is 15.9 Å². The zero-order valence-corrected chi connectivity index (χ0v) is 13.9. The maximum atomic E-state index is 13.0. The number of nitrogens with zero attached hydrogens (tertiary/aromatic N) is 1. The van der Waals surface area contributed by atoms with E-state index in [2.05, 4.69) is 16.4 Å². The van der Waals surface area contributed by atoms with Crippen molar-refractivity contribution in [1.29, 1.82) is 0 Å². The average molecular weight is 335 g/mol. The predicted molar refractivity (Wildman–Crippen MR) is 95.1 cm³/mol. The molecule has 0 saturated carbocycles. The second-order valence-corrected chi connectivity index (χ2v) is 6.33. The summed E-state index contributed by atoms with van der Waals surface area (Å²) in [4.78, 5) is 20.7. The molecular weight excluding hydrogens is 317 g/mol. The number of aromatic amines is 1. The molecule has 1 aliphatic carbocycles. The average Bonchev–Trinajstić information content (AvgIpc) is 2.94. The third-order valence-electron chi connectivity index (χ3n) is 4.54. The summed E-state index contributed by atoms with van der Waals surface area (Å²) >= 11 is 0. The number of fused-ring (bicyclic) bond motifs is 3. The van der Waals surface area contributed by atoms with Crippen LogP contribution in [-0.2, 0) is 12.8 Å². The third kappa shape index (κ3) is 2.93. The van der Waals surface area contributed by atoms with E-state index in [4.69, 9.17) is 4.98 Å². The van der Waals surface area contributed by atoms with Crippen LogP contribution >= 0.6 is 0 Å². The van der Waals surface area contributed by atoms with Crippen LogP contribution in [0.25, 0.3) is 11.3 Å². The molecule has 0 aliphatic heterocycles. The molecule has 0 fully saturated rings. The molecule has 0 unspecified atom stereocenters. The summed E-state index contributed by atoms with van der Waals surface area (Å²) in [6.07, 6.45) is 4.59. The number of carbonyl (C=O) groups is 1. The highest BCUT2D eigenvalue weighted by atomic mass is 19.1. The highest BCUT2D eigenvalue weighted by Crippen LogP contribution is 2.34. The number of aryl methyl sites for hydroxylation is 3. The Balaban J connectivity index is 1.75. The highest BCUT2D eigenvalue weighted by molar-refractivity contribution is 6.09. The number of pyridine rings is 1. The minimum atomic E-state index is -0.331. The van der Waals surface area contributed by atoms with Gasteiger partial charge in [-0.25, -0.2) is 4.39 Å². The van der Waals surface area contributed by atoms with Crippen LogP contribution in [0.3, 0.4) is 0 Å². The Morgan fingerprint density at radius 1 is 1.16 bits per heavy atom. The molecule has 1 amide bonds. The van der Waals surface area contributed by atoms with E-state index in [-0.39, 0.29) is 11.7 Å². The number of carbonyl (C=O) groups excluding carboxylic acids is 1. The van der Waals surface area contributed by atoms with Crippen molar-refractivity contribution in [2.24, 2.45) is 0 Å². The molecule has 1 aromatic carbocycles. The van der Waals surface area contributed by atoms with Gasteiger partial charge in [-0.2, -0.15) is 0 Å². The molecule has 4 rings (SSSR count). The first-order chi connectivity index (χ1) is 12.1. The van der Waals surface area contributed by atoms with E-state index in [1.807, 2.05) is 13.0 Å². The quantitative estimate of drug-likeness (QED) is 0.735. The predicted octanol–water partition coefficient (Wildman–Crippen LogP) is 4.27. The van der Waals surface area contributed by atoms with Crippen molar-refractivity contribution in [2.75, 3.05) is 5.32 Å². The second kappa shape index (κ2) is 6.16. The minimum absolute atomic E-state index is 0.222. The summed E-state index contributed by atoms with van der Waals surface area (Å²) in [5.74, 6) is -0.553. The summed E-state index contributed by atoms with van der Waals surface area (Å²) in [5.41, 5.74) is 6.04. The first-order valence-corrected chi connectivity index (χ1v) is 8.36. The minimum Gasteiger partial charge on any atom is -0.364 e. The SMILES string of the molecule is Cc1ccc2c(n1)-c1c(C(=O)Nc3ccc(F)cc3)c[nH]c1CCC2. The summed E-state index contributed by atoms with van der Waals surface area (Å²) in [5, 5.41) is 2.83. The van der Waals surface area contributed by atoms with Gasteiger partial charge in [-0.3, -0.25) is 9.78 Å². The monoisotopic (exact) mass is 335 g/mol. The third-order valence-corrected chi connectivity index (χ3v) is 4.54. The van der Waals surface area contributed by atoms with Gasteiger partial charge in [0.05, 0.1) is 11.3 Å². The van der Waals surface area contributed by atoms with Gasteiger partial charge in [-0.1, -0.05) is 6.07 Å². The van der Waals surface area contributed by atoms with E-state index < -0.39 is 0 Å². The number of anilines is 1. The Morgan fingerprint density at radius 3 is 2.76 bits per heavy atom. The Hall–Kier alpha value is -2.95. The lowest BCUT2D eigenvalue weighted by Gasteiger charge is -2.10. The van der Waals surface area contributed by atoms with E-state index in [1.165, 1.54) is 17.7 Å². The first-order valence-electron chi connectivity index (χ1n) is 8.36. The lowest BCUT2D eigenvalue weighted by molar-refractivity contribution is 0.102. The van der Waals surface area contributed by atoms with Gasteiger partial charge in [0.1, 0.15) is 5.82 Å². The summed E-state index contributed by atoms with van der Waals surface area (Å²) < 4.78 is 13.0. The number of amides is 1. The van der Waals surface area contributed by atoms with Crippen molar-refractivity contribution in [2.45, 2.75) is 26.2 Å². The van der Waals surface area contributed by atoms with Crippen LogP contribution in [0.2, 0.25) is 0 Å². The number of hydrogen-bond acceptors (Lipinski definition) is 2. The molecule has 0 saturated heterocycles. The Kier molecular flexibility index (Phi) is 3.84. The standard InChI is InChI=1S/C20H18FN3O/c1-12-5-6-13-3-2-4-17-18(19(13)23-12)16(11-22-17)20(25)24-15-9-7-14(21)8-10-15/h5-11,22H,2-4H2,1H3,(H,24,25). The molecule has 0 radical (unpaired) electrons. The molecule has 5 heteroatoms. The fraction of sp³-hybridized carbons (Fsp3) is 0.200. The van der Waals surface area contributed by atoms with Gasteiger partial charge in [-0.05, 0) is 62.1 Å². The van der Waals surface area contributed by atoms with Crippen molar-refractivity contribution in [3.63, 3.8) is 0 Å². The molecule has 0 bridgehead atoms. The molecule has 4 nitrogen and oxygen atoms in total. The molecule has 3 aromatic rings. The first kappa shape index (κ1) is 15.6. The molecule has 0 spiro atoms. The van der Waals surface area contributed by atoms with E-state index in [1.54, 1.807) is 18.3 Å². The lowest BCUT2D eigenvalue weighted by atomic mass is 10.0. The van der Waals surface area contributed by atoms with E-state index in [9.17, 15) is 9.18 Å². The van der Waals surface area contributed by atoms with E-state index in [0.29, 0.717) is 11.3 Å². The van der Waals surface area contributed by atoms with E-state index >= 15 is 0 Å². The zero-order valence-electron chi connectivity index (χ0n) is 13.9. The number of H-pyrrole nitrogens is 1. The largest absolute Gasteiger partial charge is 0.364 e. The zero-order chi connectivity index (χ0) is 17.4. The Bertz CT molecular complexity index is 944. The van der Waals surface area contributed by atoms with Crippen LogP contribution in [0.5, 0.6) is 0 Å². The molecule has 2 N–H and O–H groups in total. The number of rotatable bonds is 2. The summed E-state index contributed by atoms with van der Waals surface area (Å²) in [6.45, 7) is 1.95. The van der Waals surface area contributed by atoms with Gasteiger partial charge in [0.2, 0.25) is 0 Å². The molecule has 2 aromatic heterocycles. The lowest BCUT2D eigenvalue weighted by Crippen LogP contribution is -2.12. The normalized spacial score (nSPS) is 12.9. The second-order valence-electron chi connectivity index (χ2n) is 6.33. The molecule has 1 aliphatic rings. The van der Waals surface area contributed by atoms with Gasteiger partial charge < -0.3 is 10.3 Å². The number of halogens is 1. The maximum Gasteiger partial charge on any atom is 0.257 e. The van der Waals surface area contributed by atoms with Gasteiger partial charge in [0.25, 0.3) is 5.91 Å². The van der Waals surface area contributed by atoms with Crippen LogP contribution in [0.4, 0.5) is 10.1 Å². The summed E-state index contributed by atoms with van der Waals surface area (Å²) in [7, 11) is 0. The van der Waals surface area contributed by atoms with E-state index in [0.717, 1.165) is 41.9 Å². The molecule has 0 atom stereocenters. The summed E-state index contributed by atoms with van der Waals surface area (Å²) in [6, 6.07) is 9.86. The maximum absolute atomic E-state index is 13.0. The Labute approximate surface area is 145 Å². The number of benzene rings is 1. The molecular formula is C20H18FN3O. The topological polar surface area (TPSA) is 57.8 Å². The Morgan fingerprint density at radius 2 is 1.96 bits per heavy atom. The van der Waals surface area contributed by atoms with Gasteiger partial charge in [0, 0.05) is 28.8 Å². The van der Waals surface area contributed by atoms with Crippen LogP contribution in [0.1, 0.15) is 33.7 Å². The highest BCUT2D eigenvalue weighted by Gasteiger charge is 2.24. The van der Waals surface area contributed by atoms with Crippen LogP contribution in [0, 0.1) is 12.7 Å². The van der Waals surface area contributed by atoms with Crippen LogP contribution in [0.15, 0.2) is 42.6 Å². The van der Waals surface area contributed by atoms with Gasteiger partial charge in [-0.15, -0.1) is 0 Å². The van der Waals surface area contributed by atoms with Crippen LogP contribution < -0.4 is 5.32 Å². The number of aromatic nitrogens is 2. The number of nitrogens with one attached hydrogen (secondary N) is 2. The van der Waals surface area contributed by atoms with Crippen molar-refractivity contribution in [3.05, 3.63) is 70.9 Å². The number of hydrogen-bond donors (Lipinski definition) is 2. The smallest absolute Gasteiger partial charge is 0.257 e. The molecule has 25 heavy (non-hydrogen) atoms.